The van der Waals surface area contributed by atoms with E-state index in [9.17, 15) is 9.18 Å². The molecule has 0 radical (unpaired) electrons. The highest BCUT2D eigenvalue weighted by atomic mass is 35.5. The summed E-state index contributed by atoms with van der Waals surface area (Å²) < 4.78 is 15.9. The molecular formula is C24H35ClFN5O. The first kappa shape index (κ1) is 24.5. The quantitative estimate of drug-likeness (QED) is 0.577. The molecule has 0 aliphatic carbocycles. The Kier molecular flexibility index (Phi) is 7.83. The third-order valence-electron chi connectivity index (χ3n) is 6.13. The summed E-state index contributed by atoms with van der Waals surface area (Å²) in [5, 5.41) is 4.19. The largest absolute Gasteiger partial charge is 0.354 e. The lowest BCUT2D eigenvalue weighted by atomic mass is 10.1. The van der Waals surface area contributed by atoms with E-state index >= 15 is 0 Å². The van der Waals surface area contributed by atoms with Gasteiger partial charge in [0.2, 0.25) is 5.91 Å². The average molecular weight is 464 g/mol. The van der Waals surface area contributed by atoms with Gasteiger partial charge in [-0.25, -0.2) is 9.07 Å². The van der Waals surface area contributed by atoms with Crippen molar-refractivity contribution in [3.8, 4) is 5.69 Å². The Morgan fingerprint density at radius 1 is 1.16 bits per heavy atom. The highest BCUT2D eigenvalue weighted by Gasteiger charge is 2.30. The topological polar surface area (TPSA) is 44.6 Å². The van der Waals surface area contributed by atoms with Gasteiger partial charge in [0, 0.05) is 43.8 Å². The lowest BCUT2D eigenvalue weighted by molar-refractivity contribution is -0.132. The van der Waals surface area contributed by atoms with E-state index in [1.165, 1.54) is 12.1 Å². The molecule has 1 atom stereocenters. The van der Waals surface area contributed by atoms with Crippen molar-refractivity contribution in [2.45, 2.75) is 65.5 Å². The number of nitrogens with zero attached hydrogens (tertiary/aromatic N) is 5. The molecule has 3 rings (SSSR count). The second kappa shape index (κ2) is 10.2. The summed E-state index contributed by atoms with van der Waals surface area (Å²) in [5.74, 6) is 0.523. The summed E-state index contributed by atoms with van der Waals surface area (Å²) >= 11 is 6.16. The molecule has 32 heavy (non-hydrogen) atoms. The van der Waals surface area contributed by atoms with Gasteiger partial charge in [-0.15, -0.1) is 11.6 Å². The van der Waals surface area contributed by atoms with Crippen LogP contribution in [0.1, 0.15) is 45.9 Å². The Morgan fingerprint density at radius 2 is 1.81 bits per heavy atom. The predicted octanol–water partition coefficient (Wildman–Crippen LogP) is 4.21. The van der Waals surface area contributed by atoms with E-state index in [2.05, 4.69) is 23.6 Å². The van der Waals surface area contributed by atoms with E-state index < -0.39 is 5.38 Å². The third-order valence-corrected chi connectivity index (χ3v) is 6.32. The summed E-state index contributed by atoms with van der Waals surface area (Å²) in [5.41, 5.74) is 2.48. The maximum Gasteiger partial charge on any atom is 0.240 e. The Bertz CT molecular complexity index is 934. The van der Waals surface area contributed by atoms with Crippen molar-refractivity contribution in [1.29, 1.82) is 0 Å². The number of amides is 1. The van der Waals surface area contributed by atoms with Crippen molar-refractivity contribution in [2.24, 2.45) is 0 Å². The fraction of sp³-hybridized carbons (Fsp3) is 0.583. The highest BCUT2D eigenvalue weighted by Crippen LogP contribution is 2.31. The number of hydrogen-bond donors (Lipinski definition) is 0. The lowest BCUT2D eigenvalue weighted by Gasteiger charge is -2.39. The van der Waals surface area contributed by atoms with Gasteiger partial charge in [-0.05, 0) is 59.7 Å². The maximum absolute atomic E-state index is 14.1. The van der Waals surface area contributed by atoms with E-state index in [0.29, 0.717) is 18.3 Å². The third kappa shape index (κ3) is 5.26. The van der Waals surface area contributed by atoms with E-state index in [0.717, 1.165) is 43.3 Å². The van der Waals surface area contributed by atoms with Gasteiger partial charge in [-0.3, -0.25) is 9.69 Å². The van der Waals surface area contributed by atoms with Crippen LogP contribution in [0, 0.1) is 12.7 Å². The van der Waals surface area contributed by atoms with Crippen LogP contribution in [0.25, 0.3) is 5.69 Å². The molecule has 1 fully saturated rings. The fourth-order valence-electron chi connectivity index (χ4n) is 4.21. The van der Waals surface area contributed by atoms with Crippen molar-refractivity contribution in [1.82, 2.24) is 19.6 Å². The summed E-state index contributed by atoms with van der Waals surface area (Å²) in [6.45, 7) is 16.0. The zero-order chi connectivity index (χ0) is 23.6. The van der Waals surface area contributed by atoms with Gasteiger partial charge < -0.3 is 9.80 Å². The number of rotatable bonds is 7. The van der Waals surface area contributed by atoms with Crippen LogP contribution in [0.15, 0.2) is 24.3 Å². The van der Waals surface area contributed by atoms with Crippen LogP contribution in [0.3, 0.4) is 0 Å². The predicted molar refractivity (Wildman–Crippen MR) is 128 cm³/mol. The van der Waals surface area contributed by atoms with Gasteiger partial charge >= 0.3 is 0 Å². The molecular weight excluding hydrogens is 429 g/mol. The number of benzene rings is 1. The molecule has 1 aromatic carbocycles. The van der Waals surface area contributed by atoms with Crippen LogP contribution >= 0.6 is 11.6 Å². The van der Waals surface area contributed by atoms with E-state index in [1.54, 1.807) is 17.9 Å². The molecule has 0 N–H and O–H groups in total. The van der Waals surface area contributed by atoms with Gasteiger partial charge in [0.05, 0.1) is 17.9 Å². The lowest BCUT2D eigenvalue weighted by Crippen LogP contribution is -2.49. The average Bonchev–Trinajstić information content (AvgIpc) is 3.07. The second-order valence-electron chi connectivity index (χ2n) is 9.07. The Labute approximate surface area is 195 Å². The van der Waals surface area contributed by atoms with Crippen LogP contribution < -0.4 is 4.90 Å². The maximum atomic E-state index is 14.1. The number of aryl methyl sites for hydroxylation is 1. The number of hydrogen-bond acceptors (Lipinski definition) is 4. The standard InChI is InChI=1S/C24H35ClFN5O/c1-16(2)28-10-12-29(13-11-28)23-22(15-30(17(3)4)24(32)18(5)25)19(6)27-31(23)21-9-7-8-20(26)14-21/h7-9,14,16-18H,10-13,15H2,1-6H3/t18-/m0/s1. The number of piperazine rings is 1. The van der Waals surface area contributed by atoms with E-state index in [-0.39, 0.29) is 17.8 Å². The van der Waals surface area contributed by atoms with Gasteiger partial charge in [-0.2, -0.15) is 5.10 Å². The van der Waals surface area contributed by atoms with Crippen LogP contribution in [0.2, 0.25) is 0 Å². The molecule has 176 valence electrons. The van der Waals surface area contributed by atoms with Gasteiger partial charge in [0.15, 0.2) is 0 Å². The summed E-state index contributed by atoms with van der Waals surface area (Å²) in [4.78, 5) is 19.4. The first-order chi connectivity index (χ1) is 15.1. The molecule has 0 unspecified atom stereocenters. The molecule has 1 amide bonds. The fourth-order valence-corrected chi connectivity index (χ4v) is 4.33. The normalized spacial score (nSPS) is 16.1. The molecule has 1 saturated heterocycles. The smallest absolute Gasteiger partial charge is 0.240 e. The van der Waals surface area contributed by atoms with E-state index in [1.807, 2.05) is 31.5 Å². The first-order valence-electron chi connectivity index (χ1n) is 11.4. The molecule has 1 aliphatic rings. The van der Waals surface area contributed by atoms with Crippen LogP contribution in [0.5, 0.6) is 0 Å². The second-order valence-corrected chi connectivity index (χ2v) is 9.73. The van der Waals surface area contributed by atoms with Crippen molar-refractivity contribution in [3.63, 3.8) is 0 Å². The molecule has 0 bridgehead atoms. The number of carbonyl (C=O) groups is 1. The molecule has 0 spiro atoms. The highest BCUT2D eigenvalue weighted by molar-refractivity contribution is 6.30. The first-order valence-corrected chi connectivity index (χ1v) is 11.8. The van der Waals surface area contributed by atoms with Crippen molar-refractivity contribution in [3.05, 3.63) is 41.3 Å². The Balaban J connectivity index is 2.06. The molecule has 2 aromatic rings. The van der Waals surface area contributed by atoms with Crippen LogP contribution in [-0.2, 0) is 11.3 Å². The van der Waals surface area contributed by atoms with Gasteiger partial charge in [0.1, 0.15) is 17.0 Å². The van der Waals surface area contributed by atoms with Crippen molar-refractivity contribution in [2.75, 3.05) is 31.1 Å². The molecule has 1 aliphatic heterocycles. The number of anilines is 1. The SMILES string of the molecule is Cc1nn(-c2cccc(F)c2)c(N2CCN(C(C)C)CC2)c1CN(C(=O)[C@H](C)Cl)C(C)C. The molecule has 1 aromatic heterocycles. The number of alkyl halides is 1. The molecule has 2 heterocycles. The number of aromatic nitrogens is 2. The molecule has 8 heteroatoms. The minimum atomic E-state index is -0.603. The Morgan fingerprint density at radius 3 is 2.34 bits per heavy atom. The zero-order valence-corrected chi connectivity index (χ0v) is 20.7. The number of halogens is 2. The van der Waals surface area contributed by atoms with Crippen LogP contribution in [-0.4, -0.2) is 69.1 Å². The van der Waals surface area contributed by atoms with E-state index in [4.69, 9.17) is 16.7 Å². The molecule has 0 saturated carbocycles. The van der Waals surface area contributed by atoms with Crippen LogP contribution in [0.4, 0.5) is 10.2 Å². The Hall–Kier alpha value is -2.12. The minimum absolute atomic E-state index is 0.00809. The molecule has 6 nitrogen and oxygen atoms in total. The van der Waals surface area contributed by atoms with Gasteiger partial charge in [0.25, 0.3) is 0 Å². The summed E-state index contributed by atoms with van der Waals surface area (Å²) in [6, 6.07) is 6.97. The summed E-state index contributed by atoms with van der Waals surface area (Å²) in [6.07, 6.45) is 0. The summed E-state index contributed by atoms with van der Waals surface area (Å²) in [7, 11) is 0. The van der Waals surface area contributed by atoms with Crippen molar-refractivity contribution < 1.29 is 9.18 Å². The minimum Gasteiger partial charge on any atom is -0.354 e. The van der Waals surface area contributed by atoms with Crippen molar-refractivity contribution >= 4 is 23.3 Å². The monoisotopic (exact) mass is 463 g/mol. The zero-order valence-electron chi connectivity index (χ0n) is 20.0. The number of carbonyl (C=O) groups excluding carboxylic acids is 1. The van der Waals surface area contributed by atoms with Gasteiger partial charge in [-0.1, -0.05) is 6.07 Å².